The molecule has 0 heterocycles. The van der Waals surface area contributed by atoms with E-state index in [1.165, 1.54) is 13.0 Å². The summed E-state index contributed by atoms with van der Waals surface area (Å²) < 4.78 is 13.8. The van der Waals surface area contributed by atoms with Crippen molar-refractivity contribution in [1.82, 2.24) is 0 Å². The Morgan fingerprint density at radius 1 is 1.33 bits per heavy atom. The summed E-state index contributed by atoms with van der Waals surface area (Å²) in [5.41, 5.74) is 0.131. The zero-order valence-electron chi connectivity index (χ0n) is 7.86. The summed E-state index contributed by atoms with van der Waals surface area (Å²) in [5, 5.41) is 0. The van der Waals surface area contributed by atoms with Crippen molar-refractivity contribution in [2.45, 2.75) is 33.4 Å². The van der Waals surface area contributed by atoms with Crippen LogP contribution in [0.5, 0.6) is 0 Å². The van der Waals surface area contributed by atoms with Gasteiger partial charge >= 0.3 is 0 Å². The van der Waals surface area contributed by atoms with E-state index in [1.54, 1.807) is 20.8 Å². The maximum Gasteiger partial charge on any atom is 0.181 e. The Balaban J connectivity index is 3.25. The molecule has 0 radical (unpaired) electrons. The SMILES string of the molecule is CC1=CC(=O)C(C)=C(C)C1(C)F. The van der Waals surface area contributed by atoms with Crippen LogP contribution in [0.15, 0.2) is 22.8 Å². The average molecular weight is 168 g/mol. The predicted molar refractivity (Wildman–Crippen MR) is 46.7 cm³/mol. The fourth-order valence-corrected chi connectivity index (χ4v) is 1.27. The zero-order chi connectivity index (χ0) is 9.52. The number of hydrogen-bond donors (Lipinski definition) is 0. The minimum absolute atomic E-state index is 0.0693. The molecule has 0 aliphatic heterocycles. The number of alkyl halides is 1. The van der Waals surface area contributed by atoms with Gasteiger partial charge < -0.3 is 0 Å². The smallest absolute Gasteiger partial charge is 0.181 e. The van der Waals surface area contributed by atoms with Crippen molar-refractivity contribution in [2.75, 3.05) is 0 Å². The molecule has 1 unspecified atom stereocenters. The van der Waals surface area contributed by atoms with E-state index in [4.69, 9.17) is 0 Å². The first-order chi connectivity index (χ1) is 5.37. The lowest BCUT2D eigenvalue weighted by atomic mass is 9.82. The summed E-state index contributed by atoms with van der Waals surface area (Å²) in [6.07, 6.45) is 1.38. The highest BCUT2D eigenvalue weighted by Crippen LogP contribution is 2.35. The van der Waals surface area contributed by atoms with Gasteiger partial charge in [-0.1, -0.05) is 0 Å². The van der Waals surface area contributed by atoms with E-state index < -0.39 is 5.67 Å². The summed E-state index contributed by atoms with van der Waals surface area (Å²) >= 11 is 0. The van der Waals surface area contributed by atoms with E-state index in [9.17, 15) is 9.18 Å². The van der Waals surface area contributed by atoms with Crippen molar-refractivity contribution >= 4 is 5.78 Å². The topological polar surface area (TPSA) is 17.1 Å². The number of hydrogen-bond acceptors (Lipinski definition) is 1. The van der Waals surface area contributed by atoms with Crippen LogP contribution in [0.1, 0.15) is 27.7 Å². The molecule has 12 heavy (non-hydrogen) atoms. The van der Waals surface area contributed by atoms with E-state index >= 15 is 0 Å². The van der Waals surface area contributed by atoms with Gasteiger partial charge in [0.1, 0.15) is 0 Å². The number of carbonyl (C=O) groups excluding carboxylic acids is 1. The van der Waals surface area contributed by atoms with Gasteiger partial charge in [-0.3, -0.25) is 4.79 Å². The molecule has 0 spiro atoms. The van der Waals surface area contributed by atoms with Gasteiger partial charge in [-0.25, -0.2) is 4.39 Å². The second-order valence-electron chi connectivity index (χ2n) is 3.44. The zero-order valence-corrected chi connectivity index (χ0v) is 7.86. The first-order valence-electron chi connectivity index (χ1n) is 3.97. The number of halogens is 1. The molecule has 1 rings (SSSR count). The normalized spacial score (nSPS) is 30.8. The molecule has 0 fully saturated rings. The standard InChI is InChI=1S/C10H13FO/c1-6-5-9(12)7(2)8(3)10(6,4)11/h5H,1-4H3. The summed E-state index contributed by atoms with van der Waals surface area (Å²) in [6, 6.07) is 0. The fraction of sp³-hybridized carbons (Fsp3) is 0.500. The molecule has 0 saturated heterocycles. The van der Waals surface area contributed by atoms with Crippen LogP contribution in [0.25, 0.3) is 0 Å². The largest absolute Gasteiger partial charge is 0.290 e. The highest BCUT2D eigenvalue weighted by molar-refractivity contribution is 6.06. The maximum absolute atomic E-state index is 13.8. The molecule has 1 atom stereocenters. The van der Waals surface area contributed by atoms with Crippen molar-refractivity contribution in [1.29, 1.82) is 0 Å². The molecule has 0 aromatic heterocycles. The Morgan fingerprint density at radius 3 is 2.33 bits per heavy atom. The monoisotopic (exact) mass is 168 g/mol. The summed E-state index contributed by atoms with van der Waals surface area (Å²) in [5.74, 6) is -0.0693. The predicted octanol–water partition coefficient (Wildman–Crippen LogP) is 2.58. The fourth-order valence-electron chi connectivity index (χ4n) is 1.27. The summed E-state index contributed by atoms with van der Waals surface area (Å²) in [6.45, 7) is 6.47. The first-order valence-corrected chi connectivity index (χ1v) is 3.97. The lowest BCUT2D eigenvalue weighted by Crippen LogP contribution is -2.28. The van der Waals surface area contributed by atoms with Gasteiger partial charge in [0.25, 0.3) is 0 Å². The Bertz CT molecular complexity index is 295. The molecule has 1 aliphatic carbocycles. The van der Waals surface area contributed by atoms with Crippen LogP contribution in [-0.2, 0) is 4.79 Å². The number of rotatable bonds is 0. The van der Waals surface area contributed by atoms with Crippen molar-refractivity contribution in [2.24, 2.45) is 0 Å². The average Bonchev–Trinajstić information content (AvgIpc) is 1.99. The molecule has 0 saturated carbocycles. The van der Waals surface area contributed by atoms with Gasteiger partial charge in [0.05, 0.1) is 0 Å². The highest BCUT2D eigenvalue weighted by atomic mass is 19.1. The minimum Gasteiger partial charge on any atom is -0.290 e. The Labute approximate surface area is 72.0 Å². The highest BCUT2D eigenvalue weighted by Gasteiger charge is 2.33. The Hall–Kier alpha value is -0.920. The molecule has 1 nitrogen and oxygen atoms in total. The second kappa shape index (κ2) is 2.54. The molecule has 0 bridgehead atoms. The van der Waals surface area contributed by atoms with Gasteiger partial charge in [0.2, 0.25) is 0 Å². The molecule has 0 aromatic carbocycles. The third-order valence-corrected chi connectivity index (χ3v) is 2.72. The Kier molecular flexibility index (Phi) is 1.94. The molecule has 0 aromatic rings. The molecular weight excluding hydrogens is 155 g/mol. The summed E-state index contributed by atoms with van der Waals surface area (Å²) in [4.78, 5) is 11.2. The van der Waals surface area contributed by atoms with E-state index in [-0.39, 0.29) is 5.78 Å². The third-order valence-electron chi connectivity index (χ3n) is 2.72. The van der Waals surface area contributed by atoms with Crippen LogP contribution >= 0.6 is 0 Å². The van der Waals surface area contributed by atoms with Crippen molar-refractivity contribution in [3.63, 3.8) is 0 Å². The van der Waals surface area contributed by atoms with E-state index in [2.05, 4.69) is 0 Å². The lowest BCUT2D eigenvalue weighted by Gasteiger charge is -2.27. The van der Waals surface area contributed by atoms with Crippen molar-refractivity contribution in [3.05, 3.63) is 22.8 Å². The molecule has 66 valence electrons. The van der Waals surface area contributed by atoms with Crippen LogP contribution in [0.3, 0.4) is 0 Å². The second-order valence-corrected chi connectivity index (χ2v) is 3.44. The van der Waals surface area contributed by atoms with Gasteiger partial charge in [-0.2, -0.15) is 0 Å². The first kappa shape index (κ1) is 9.17. The number of carbonyl (C=O) groups is 1. The summed E-state index contributed by atoms with van der Waals surface area (Å²) in [7, 11) is 0. The van der Waals surface area contributed by atoms with Crippen molar-refractivity contribution in [3.8, 4) is 0 Å². The molecule has 1 aliphatic rings. The van der Waals surface area contributed by atoms with Crippen LogP contribution in [0, 0.1) is 0 Å². The lowest BCUT2D eigenvalue weighted by molar-refractivity contribution is -0.111. The van der Waals surface area contributed by atoms with E-state index in [1.807, 2.05) is 0 Å². The van der Waals surface area contributed by atoms with Crippen LogP contribution in [0.2, 0.25) is 0 Å². The van der Waals surface area contributed by atoms with Gasteiger partial charge in [0, 0.05) is 0 Å². The maximum atomic E-state index is 13.8. The van der Waals surface area contributed by atoms with Crippen molar-refractivity contribution < 1.29 is 9.18 Å². The molecule has 2 heteroatoms. The quantitative estimate of drug-likeness (QED) is 0.543. The van der Waals surface area contributed by atoms with E-state index in [0.29, 0.717) is 16.7 Å². The third kappa shape index (κ3) is 1.11. The van der Waals surface area contributed by atoms with Gasteiger partial charge in [-0.15, -0.1) is 0 Å². The van der Waals surface area contributed by atoms with Gasteiger partial charge in [0.15, 0.2) is 11.5 Å². The minimum atomic E-state index is -1.43. The number of allylic oxidation sites excluding steroid dienone is 4. The van der Waals surface area contributed by atoms with Crippen LogP contribution < -0.4 is 0 Å². The number of ketones is 1. The van der Waals surface area contributed by atoms with Gasteiger partial charge in [-0.05, 0) is 50.5 Å². The molecule has 0 N–H and O–H groups in total. The van der Waals surface area contributed by atoms with Crippen LogP contribution in [0.4, 0.5) is 4.39 Å². The molecular formula is C10H13FO. The Morgan fingerprint density at radius 2 is 1.83 bits per heavy atom. The molecule has 0 amide bonds. The van der Waals surface area contributed by atoms with Crippen LogP contribution in [-0.4, -0.2) is 11.5 Å². The van der Waals surface area contributed by atoms with E-state index in [0.717, 1.165) is 0 Å².